The van der Waals surface area contributed by atoms with Crippen LogP contribution in [0.4, 0.5) is 0 Å². The van der Waals surface area contributed by atoms with E-state index in [-0.39, 0.29) is 11.4 Å². The fourth-order valence-corrected chi connectivity index (χ4v) is 4.70. The average molecular weight is 341 g/mol. The molecule has 1 heterocycles. The molecule has 0 bridgehead atoms. The molecular formula is C19H19NO3S. The first-order valence-corrected chi connectivity index (χ1v) is 9.17. The Morgan fingerprint density at radius 3 is 2.42 bits per heavy atom. The first kappa shape index (κ1) is 16.5. The van der Waals surface area contributed by atoms with Crippen molar-refractivity contribution in [2.45, 2.75) is 31.7 Å². The van der Waals surface area contributed by atoms with E-state index in [1.165, 1.54) is 0 Å². The van der Waals surface area contributed by atoms with Crippen LogP contribution in [0.25, 0.3) is 0 Å². The van der Waals surface area contributed by atoms with Gasteiger partial charge < -0.3 is 0 Å². The van der Waals surface area contributed by atoms with Crippen molar-refractivity contribution in [3.63, 3.8) is 0 Å². The minimum Gasteiger partial charge on any atom is -0.268 e. The summed E-state index contributed by atoms with van der Waals surface area (Å²) in [5.74, 6) is -0.445. The molecule has 5 heteroatoms. The Bertz CT molecular complexity index is 931. The van der Waals surface area contributed by atoms with E-state index in [9.17, 15) is 13.2 Å². The second-order valence-electron chi connectivity index (χ2n) is 5.95. The summed E-state index contributed by atoms with van der Waals surface area (Å²) < 4.78 is 26.8. The smallest absolute Gasteiger partial charge is 0.268 e. The van der Waals surface area contributed by atoms with Gasteiger partial charge in [-0.25, -0.2) is 12.7 Å². The van der Waals surface area contributed by atoms with Gasteiger partial charge in [0.2, 0.25) is 0 Å². The predicted octanol–water partition coefficient (Wildman–Crippen LogP) is 3.38. The molecule has 2 aromatic rings. The van der Waals surface area contributed by atoms with Crippen LogP contribution in [0, 0.1) is 13.8 Å². The lowest BCUT2D eigenvalue weighted by Gasteiger charge is -2.15. The van der Waals surface area contributed by atoms with E-state index in [1.807, 2.05) is 37.3 Å². The van der Waals surface area contributed by atoms with Gasteiger partial charge in [-0.05, 0) is 48.6 Å². The summed E-state index contributed by atoms with van der Waals surface area (Å²) in [6.45, 7) is 7.48. The van der Waals surface area contributed by atoms with Gasteiger partial charge in [-0.1, -0.05) is 36.4 Å². The van der Waals surface area contributed by atoms with Crippen molar-refractivity contribution < 1.29 is 13.2 Å². The molecule has 1 amide bonds. The van der Waals surface area contributed by atoms with Crippen LogP contribution in [0.2, 0.25) is 0 Å². The van der Waals surface area contributed by atoms with E-state index in [1.54, 1.807) is 19.1 Å². The molecule has 1 aliphatic rings. The topological polar surface area (TPSA) is 54.5 Å². The number of rotatable bonds is 4. The fourth-order valence-electron chi connectivity index (χ4n) is 3.05. The number of hydrogen-bond donors (Lipinski definition) is 0. The average Bonchev–Trinajstić information content (AvgIpc) is 2.74. The van der Waals surface area contributed by atoms with Gasteiger partial charge in [0.1, 0.15) is 4.90 Å². The molecule has 0 saturated heterocycles. The molecule has 0 aromatic heterocycles. The van der Waals surface area contributed by atoms with Gasteiger partial charge in [-0.3, -0.25) is 4.79 Å². The number of carbonyl (C=O) groups is 1. The Kier molecular flexibility index (Phi) is 4.05. The fraction of sp³-hybridized carbons (Fsp3) is 0.211. The van der Waals surface area contributed by atoms with Gasteiger partial charge in [0, 0.05) is 0 Å². The molecule has 24 heavy (non-hydrogen) atoms. The predicted molar refractivity (Wildman–Crippen MR) is 93.3 cm³/mol. The van der Waals surface area contributed by atoms with Crippen molar-refractivity contribution in [3.8, 4) is 0 Å². The molecule has 0 fully saturated rings. The number of fused-ring (bicyclic) bond motifs is 1. The summed E-state index contributed by atoms with van der Waals surface area (Å²) in [7, 11) is -3.82. The van der Waals surface area contributed by atoms with Crippen molar-refractivity contribution in [2.75, 3.05) is 0 Å². The third-order valence-corrected chi connectivity index (χ3v) is 6.27. The molecule has 1 aliphatic heterocycles. The first-order chi connectivity index (χ1) is 11.4. The van der Waals surface area contributed by atoms with E-state index in [2.05, 4.69) is 6.58 Å². The highest BCUT2D eigenvalue weighted by Gasteiger charge is 2.42. The van der Waals surface area contributed by atoms with Crippen LogP contribution in [-0.2, 0) is 23.0 Å². The van der Waals surface area contributed by atoms with Crippen LogP contribution in [0.15, 0.2) is 53.9 Å². The lowest BCUT2D eigenvalue weighted by molar-refractivity contribution is 0.0864. The second-order valence-corrected chi connectivity index (χ2v) is 7.78. The molecule has 4 nitrogen and oxygen atoms in total. The largest absolute Gasteiger partial charge is 0.269 e. The third kappa shape index (κ3) is 2.45. The molecular weight excluding hydrogens is 322 g/mol. The van der Waals surface area contributed by atoms with E-state index >= 15 is 0 Å². The third-order valence-electron chi connectivity index (χ3n) is 4.51. The Hall–Kier alpha value is -2.40. The van der Waals surface area contributed by atoms with Crippen LogP contribution in [0.1, 0.15) is 32.6 Å². The van der Waals surface area contributed by atoms with Gasteiger partial charge in [0.15, 0.2) is 0 Å². The van der Waals surface area contributed by atoms with Crippen molar-refractivity contribution >= 4 is 15.9 Å². The van der Waals surface area contributed by atoms with Crippen molar-refractivity contribution in [1.82, 2.24) is 4.31 Å². The Morgan fingerprint density at radius 1 is 1.12 bits per heavy atom. The van der Waals surface area contributed by atoms with E-state index in [4.69, 9.17) is 0 Å². The van der Waals surface area contributed by atoms with Crippen molar-refractivity contribution in [3.05, 3.63) is 76.9 Å². The Balaban J connectivity index is 2.13. The van der Waals surface area contributed by atoms with Crippen LogP contribution >= 0.6 is 0 Å². The van der Waals surface area contributed by atoms with Gasteiger partial charge in [0.05, 0.1) is 12.1 Å². The molecule has 2 aromatic carbocycles. The molecule has 0 unspecified atom stereocenters. The highest BCUT2D eigenvalue weighted by atomic mass is 32.2. The molecule has 124 valence electrons. The summed E-state index contributed by atoms with van der Waals surface area (Å²) in [5, 5.41) is 0. The second kappa shape index (κ2) is 5.91. The van der Waals surface area contributed by atoms with Crippen LogP contribution < -0.4 is 0 Å². The molecule has 3 rings (SSSR count). The standard InChI is InChI=1S/C19H19NO3S/c1-4-8-16-11-17-18(14(3)13(16)2)19(21)20(24(17,22)23)12-15-9-6-5-7-10-15/h4-7,9-11H,1,8,12H2,2-3H3. The zero-order valence-electron chi connectivity index (χ0n) is 13.7. The molecule has 0 N–H and O–H groups in total. The lowest BCUT2D eigenvalue weighted by Crippen LogP contribution is -2.29. The van der Waals surface area contributed by atoms with Crippen LogP contribution in [0.5, 0.6) is 0 Å². The lowest BCUT2D eigenvalue weighted by atomic mass is 9.95. The van der Waals surface area contributed by atoms with Crippen LogP contribution in [0.3, 0.4) is 0 Å². The quantitative estimate of drug-likeness (QED) is 0.801. The Morgan fingerprint density at radius 2 is 1.79 bits per heavy atom. The number of carbonyl (C=O) groups excluding carboxylic acids is 1. The minimum atomic E-state index is -3.82. The molecule has 0 spiro atoms. The normalized spacial score (nSPS) is 15.4. The molecule has 0 saturated carbocycles. The maximum absolute atomic E-state index is 12.9. The highest BCUT2D eigenvalue weighted by Crippen LogP contribution is 2.36. The van der Waals surface area contributed by atoms with Gasteiger partial charge in [-0.15, -0.1) is 6.58 Å². The molecule has 0 atom stereocenters. The van der Waals surface area contributed by atoms with Crippen molar-refractivity contribution in [1.29, 1.82) is 0 Å². The van der Waals surface area contributed by atoms with Gasteiger partial charge in [-0.2, -0.15) is 0 Å². The Labute approximate surface area is 142 Å². The van der Waals surface area contributed by atoms with Gasteiger partial charge >= 0.3 is 0 Å². The molecule has 0 radical (unpaired) electrons. The van der Waals surface area contributed by atoms with E-state index < -0.39 is 15.9 Å². The number of nitrogens with zero attached hydrogens (tertiary/aromatic N) is 1. The number of allylic oxidation sites excluding steroid dienone is 1. The molecule has 0 aliphatic carbocycles. The maximum Gasteiger partial charge on any atom is 0.269 e. The zero-order chi connectivity index (χ0) is 17.5. The maximum atomic E-state index is 12.9. The minimum absolute atomic E-state index is 0.0476. The summed E-state index contributed by atoms with van der Waals surface area (Å²) in [4.78, 5) is 12.9. The summed E-state index contributed by atoms with van der Waals surface area (Å²) >= 11 is 0. The SMILES string of the molecule is C=CCc1cc2c(c(C)c1C)C(=O)N(Cc1ccccc1)S2(=O)=O. The number of hydrogen-bond acceptors (Lipinski definition) is 3. The number of benzene rings is 2. The number of amides is 1. The van der Waals surface area contributed by atoms with E-state index in [0.717, 1.165) is 26.6 Å². The zero-order valence-corrected chi connectivity index (χ0v) is 14.6. The first-order valence-electron chi connectivity index (χ1n) is 7.73. The monoisotopic (exact) mass is 341 g/mol. The number of sulfonamides is 1. The van der Waals surface area contributed by atoms with Crippen molar-refractivity contribution in [2.24, 2.45) is 0 Å². The van der Waals surface area contributed by atoms with Gasteiger partial charge in [0.25, 0.3) is 15.9 Å². The van der Waals surface area contributed by atoms with E-state index in [0.29, 0.717) is 12.0 Å². The summed E-state index contributed by atoms with van der Waals surface area (Å²) in [6, 6.07) is 10.8. The summed E-state index contributed by atoms with van der Waals surface area (Å²) in [6.07, 6.45) is 2.31. The van der Waals surface area contributed by atoms with Crippen LogP contribution in [-0.4, -0.2) is 18.6 Å². The summed E-state index contributed by atoms with van der Waals surface area (Å²) in [5.41, 5.74) is 3.64. The highest BCUT2D eigenvalue weighted by molar-refractivity contribution is 7.90.